The summed E-state index contributed by atoms with van der Waals surface area (Å²) in [4.78, 5) is 0. The topological polar surface area (TPSA) is 29.5 Å². The van der Waals surface area contributed by atoms with E-state index in [0.717, 1.165) is 22.4 Å². The summed E-state index contributed by atoms with van der Waals surface area (Å²) in [5.74, 6) is 1.11. The van der Waals surface area contributed by atoms with Gasteiger partial charge in [-0.2, -0.15) is 0 Å². The average molecular weight is 896 g/mol. The van der Waals surface area contributed by atoms with Crippen molar-refractivity contribution in [3.8, 4) is 17.2 Å². The van der Waals surface area contributed by atoms with Gasteiger partial charge in [-0.25, -0.2) is 0 Å². The van der Waals surface area contributed by atoms with Gasteiger partial charge in [0.2, 0.25) is 0 Å². The number of ether oxygens (including phenoxy) is 1. The Bertz CT molecular complexity index is 694. The fourth-order valence-corrected chi connectivity index (χ4v) is 6.86. The minimum atomic E-state index is 0.0624. The zero-order valence-corrected chi connectivity index (χ0v) is 24.5. The van der Waals surface area contributed by atoms with Crippen molar-refractivity contribution in [2.24, 2.45) is 0 Å². The first kappa shape index (κ1) is 21.7. The second-order valence-electron chi connectivity index (χ2n) is 3.93. The number of rotatable bonds is 2. The molecular weight excluding hydrogens is 895 g/mol. The number of halogens is 9. The molecule has 0 aliphatic heterocycles. The van der Waals surface area contributed by atoms with Crippen molar-refractivity contribution in [2.75, 3.05) is 0 Å². The molecule has 0 spiro atoms. The summed E-state index contributed by atoms with van der Waals surface area (Å²) in [6.45, 7) is 0. The third kappa shape index (κ3) is 4.12. The summed E-state index contributed by atoms with van der Waals surface area (Å²) in [7, 11) is 0. The second-order valence-corrected chi connectivity index (χ2v) is 11.1. The molecule has 0 amide bonds. The molecule has 23 heavy (non-hydrogen) atoms. The quantitative estimate of drug-likeness (QED) is 0.241. The molecule has 0 radical (unpaired) electrons. The molecule has 0 fully saturated rings. The van der Waals surface area contributed by atoms with E-state index in [0.29, 0.717) is 29.4 Å². The van der Waals surface area contributed by atoms with E-state index < -0.39 is 0 Å². The fraction of sp³-hybridized carbons (Fsp3) is 0. The maximum Gasteiger partial charge on any atom is 0.158 e. The van der Waals surface area contributed by atoms with E-state index in [9.17, 15) is 5.11 Å². The lowest BCUT2D eigenvalue weighted by atomic mass is 10.3. The summed E-state index contributed by atoms with van der Waals surface area (Å²) < 4.78 is 12.1. The largest absolute Gasteiger partial charge is 0.505 e. The molecule has 0 aliphatic rings. The maximum atomic E-state index is 10.0. The van der Waals surface area contributed by atoms with E-state index in [4.69, 9.17) is 4.74 Å². The number of hydrogen-bond donors (Lipinski definition) is 1. The van der Waals surface area contributed by atoms with Gasteiger partial charge in [0.25, 0.3) is 0 Å². The SMILES string of the molecule is Oc1c(Br)c(Br)c(Oc2c(Br)c(Br)c(Br)c(Br)c2Br)c(Br)c1Br. The Morgan fingerprint density at radius 3 is 1.04 bits per heavy atom. The van der Waals surface area contributed by atoms with E-state index in [2.05, 4.69) is 143 Å². The van der Waals surface area contributed by atoms with Crippen LogP contribution >= 0.6 is 143 Å². The highest BCUT2D eigenvalue weighted by atomic mass is 79.9. The van der Waals surface area contributed by atoms with Gasteiger partial charge in [-0.05, 0) is 143 Å². The van der Waals surface area contributed by atoms with Gasteiger partial charge < -0.3 is 9.84 Å². The molecule has 2 rings (SSSR count). The molecular formula is C12HBr9O2. The zero-order valence-electron chi connectivity index (χ0n) is 10.3. The van der Waals surface area contributed by atoms with Crippen LogP contribution in [0.25, 0.3) is 0 Å². The highest BCUT2D eigenvalue weighted by molar-refractivity contribution is 9.16. The van der Waals surface area contributed by atoms with E-state index in [1.165, 1.54) is 0 Å². The third-order valence-corrected chi connectivity index (χ3v) is 12.7. The summed E-state index contributed by atoms with van der Waals surface area (Å²) in [6, 6.07) is 0. The Kier molecular flexibility index (Phi) is 8.08. The molecule has 0 saturated heterocycles. The van der Waals surface area contributed by atoms with E-state index >= 15 is 0 Å². The van der Waals surface area contributed by atoms with Crippen molar-refractivity contribution in [1.82, 2.24) is 0 Å². The van der Waals surface area contributed by atoms with Crippen molar-refractivity contribution in [3.05, 3.63) is 40.3 Å². The molecule has 2 nitrogen and oxygen atoms in total. The van der Waals surface area contributed by atoms with Crippen molar-refractivity contribution < 1.29 is 9.84 Å². The van der Waals surface area contributed by atoms with Gasteiger partial charge in [0.15, 0.2) is 11.5 Å². The monoisotopic (exact) mass is 887 g/mol. The van der Waals surface area contributed by atoms with Crippen LogP contribution in [0.5, 0.6) is 17.2 Å². The van der Waals surface area contributed by atoms with Gasteiger partial charge >= 0.3 is 0 Å². The zero-order chi connectivity index (χ0) is 17.6. The lowest BCUT2D eigenvalue weighted by molar-refractivity contribution is 0.450. The van der Waals surface area contributed by atoms with Crippen molar-refractivity contribution >= 4 is 143 Å². The first-order chi connectivity index (χ1) is 10.6. The van der Waals surface area contributed by atoms with Gasteiger partial charge in [-0.1, -0.05) is 0 Å². The molecule has 1 N–H and O–H groups in total. The summed E-state index contributed by atoms with van der Waals surface area (Å²) >= 11 is 31.0. The van der Waals surface area contributed by atoms with Gasteiger partial charge in [-0.15, -0.1) is 0 Å². The number of phenols is 1. The molecule has 124 valence electrons. The normalized spacial score (nSPS) is 11.0. The van der Waals surface area contributed by atoms with E-state index in [1.54, 1.807) is 0 Å². The van der Waals surface area contributed by atoms with Crippen LogP contribution in [-0.4, -0.2) is 5.11 Å². The molecule has 0 bridgehead atoms. The molecule has 0 aliphatic carbocycles. The van der Waals surface area contributed by atoms with Crippen LogP contribution in [0.3, 0.4) is 0 Å². The molecule has 2 aromatic carbocycles. The highest BCUT2D eigenvalue weighted by Crippen LogP contribution is 2.54. The Morgan fingerprint density at radius 1 is 0.435 bits per heavy atom. The average Bonchev–Trinajstić information content (AvgIpc) is 2.54. The standard InChI is InChI=1S/C12HBr9O2/c13-1-2(14)6(18)11(7(19)3(1)15)23-12-8(20)4(16)10(22)5(17)9(12)21/h22H. The van der Waals surface area contributed by atoms with Crippen LogP contribution < -0.4 is 4.74 Å². The summed E-state index contributed by atoms with van der Waals surface area (Å²) in [5, 5.41) is 10.0. The molecule has 0 aromatic heterocycles. The smallest absolute Gasteiger partial charge is 0.158 e. The van der Waals surface area contributed by atoms with Crippen LogP contribution in [0.4, 0.5) is 0 Å². The van der Waals surface area contributed by atoms with Gasteiger partial charge in [0.1, 0.15) is 5.75 Å². The molecule has 11 heteroatoms. The minimum Gasteiger partial charge on any atom is -0.505 e. The predicted octanol–water partition coefficient (Wildman–Crippen LogP) is 10.0. The number of phenolic OH excluding ortho intramolecular Hbond substituents is 1. The van der Waals surface area contributed by atoms with Crippen LogP contribution in [0, 0.1) is 0 Å². The predicted molar refractivity (Wildman–Crippen MR) is 124 cm³/mol. The van der Waals surface area contributed by atoms with Gasteiger partial charge in [0, 0.05) is 4.47 Å². The van der Waals surface area contributed by atoms with Crippen LogP contribution in [0.2, 0.25) is 0 Å². The highest BCUT2D eigenvalue weighted by Gasteiger charge is 2.24. The van der Waals surface area contributed by atoms with Crippen LogP contribution in [0.15, 0.2) is 40.3 Å². The Balaban J connectivity index is 2.71. The number of aromatic hydroxyl groups is 1. The Morgan fingerprint density at radius 2 is 0.696 bits per heavy atom. The first-order valence-electron chi connectivity index (χ1n) is 5.33. The third-order valence-electron chi connectivity index (χ3n) is 2.57. The molecule has 2 aromatic rings. The van der Waals surface area contributed by atoms with Crippen molar-refractivity contribution in [2.45, 2.75) is 0 Å². The lowest BCUT2D eigenvalue weighted by Crippen LogP contribution is -1.94. The molecule has 0 atom stereocenters. The first-order valence-corrected chi connectivity index (χ1v) is 12.5. The Labute approximate surface area is 207 Å². The van der Waals surface area contributed by atoms with Crippen molar-refractivity contribution in [1.29, 1.82) is 0 Å². The maximum absolute atomic E-state index is 10.0. The van der Waals surface area contributed by atoms with Crippen LogP contribution in [0.1, 0.15) is 0 Å². The van der Waals surface area contributed by atoms with E-state index in [1.807, 2.05) is 0 Å². The second kappa shape index (κ2) is 8.58. The number of benzene rings is 2. The summed E-state index contributed by atoms with van der Waals surface area (Å²) in [5.41, 5.74) is 0. The fourth-order valence-electron chi connectivity index (χ4n) is 1.47. The van der Waals surface area contributed by atoms with Gasteiger partial charge in [-0.3, -0.25) is 0 Å². The summed E-state index contributed by atoms with van der Waals surface area (Å²) in [6.07, 6.45) is 0. The number of hydrogen-bond acceptors (Lipinski definition) is 2. The molecule has 0 heterocycles. The molecule has 0 unspecified atom stereocenters. The lowest BCUT2D eigenvalue weighted by Gasteiger charge is -2.18. The molecule has 0 saturated carbocycles. The van der Waals surface area contributed by atoms with Gasteiger partial charge in [0.05, 0.1) is 35.8 Å². The van der Waals surface area contributed by atoms with E-state index in [-0.39, 0.29) is 5.75 Å². The van der Waals surface area contributed by atoms with Crippen LogP contribution in [-0.2, 0) is 0 Å². The Hall–Kier alpha value is 2.36. The van der Waals surface area contributed by atoms with Crippen molar-refractivity contribution in [3.63, 3.8) is 0 Å². The minimum absolute atomic E-state index is 0.0624.